The first kappa shape index (κ1) is 23.2. The standard InChI is InChI=1S/C23H30FN3O3S/c1-26(2)20-11-9-18(10-12-20)6-5-15-25-23(28)19-13-16-27(17-14-19)31(29,30)22-8-4-3-7-21(22)24/h3-4,7-12,19H,5-6,13-17H2,1-2H3,(H,25,28). The van der Waals surface area contributed by atoms with Crippen LogP contribution in [-0.2, 0) is 21.2 Å². The third-order valence-electron chi connectivity index (χ3n) is 5.67. The van der Waals surface area contributed by atoms with Gasteiger partial charge in [0.05, 0.1) is 0 Å². The first-order valence-corrected chi connectivity index (χ1v) is 12.0. The molecule has 1 amide bonds. The molecular weight excluding hydrogens is 417 g/mol. The van der Waals surface area contributed by atoms with E-state index in [1.165, 1.54) is 28.1 Å². The van der Waals surface area contributed by atoms with Gasteiger partial charge in [-0.05, 0) is 55.5 Å². The summed E-state index contributed by atoms with van der Waals surface area (Å²) in [5, 5.41) is 2.97. The van der Waals surface area contributed by atoms with Crippen molar-refractivity contribution >= 4 is 21.6 Å². The van der Waals surface area contributed by atoms with Crippen LogP contribution in [-0.4, -0.2) is 52.4 Å². The summed E-state index contributed by atoms with van der Waals surface area (Å²) in [5.74, 6) is -1.00. The van der Waals surface area contributed by atoms with E-state index in [-0.39, 0.29) is 29.8 Å². The summed E-state index contributed by atoms with van der Waals surface area (Å²) in [5.41, 5.74) is 2.38. The molecule has 1 N–H and O–H groups in total. The van der Waals surface area contributed by atoms with Crippen molar-refractivity contribution in [3.63, 3.8) is 0 Å². The van der Waals surface area contributed by atoms with Crippen molar-refractivity contribution in [3.8, 4) is 0 Å². The highest BCUT2D eigenvalue weighted by molar-refractivity contribution is 7.89. The Balaban J connectivity index is 1.42. The van der Waals surface area contributed by atoms with Gasteiger partial charge in [0.25, 0.3) is 0 Å². The van der Waals surface area contributed by atoms with Crippen LogP contribution in [0.1, 0.15) is 24.8 Å². The van der Waals surface area contributed by atoms with Crippen LogP contribution < -0.4 is 10.2 Å². The fourth-order valence-corrected chi connectivity index (χ4v) is 5.30. The van der Waals surface area contributed by atoms with E-state index >= 15 is 0 Å². The van der Waals surface area contributed by atoms with Gasteiger partial charge in [-0.3, -0.25) is 4.79 Å². The van der Waals surface area contributed by atoms with E-state index in [0.29, 0.717) is 19.4 Å². The Hall–Kier alpha value is -2.45. The summed E-state index contributed by atoms with van der Waals surface area (Å²) < 4.78 is 40.5. The highest BCUT2D eigenvalue weighted by Gasteiger charge is 2.33. The third kappa shape index (κ3) is 5.83. The lowest BCUT2D eigenvalue weighted by molar-refractivity contribution is -0.126. The fourth-order valence-electron chi connectivity index (χ4n) is 3.76. The van der Waals surface area contributed by atoms with Crippen molar-refractivity contribution in [2.75, 3.05) is 38.6 Å². The van der Waals surface area contributed by atoms with Crippen molar-refractivity contribution in [2.24, 2.45) is 5.92 Å². The Labute approximate surface area is 184 Å². The van der Waals surface area contributed by atoms with Gasteiger partial charge >= 0.3 is 0 Å². The number of hydrogen-bond acceptors (Lipinski definition) is 4. The van der Waals surface area contributed by atoms with E-state index in [1.807, 2.05) is 14.1 Å². The van der Waals surface area contributed by atoms with E-state index in [2.05, 4.69) is 34.5 Å². The minimum atomic E-state index is -3.88. The molecule has 0 saturated carbocycles. The molecule has 0 spiro atoms. The number of carbonyl (C=O) groups is 1. The number of rotatable bonds is 8. The molecule has 0 bridgehead atoms. The maximum absolute atomic E-state index is 13.9. The minimum Gasteiger partial charge on any atom is -0.378 e. The van der Waals surface area contributed by atoms with Gasteiger partial charge in [-0.1, -0.05) is 24.3 Å². The van der Waals surface area contributed by atoms with Gasteiger partial charge in [0.15, 0.2) is 0 Å². The van der Waals surface area contributed by atoms with Crippen LogP contribution >= 0.6 is 0 Å². The van der Waals surface area contributed by atoms with Gasteiger partial charge in [0.1, 0.15) is 10.7 Å². The minimum absolute atomic E-state index is 0.0362. The van der Waals surface area contributed by atoms with E-state index in [9.17, 15) is 17.6 Å². The second kappa shape index (κ2) is 10.2. The van der Waals surface area contributed by atoms with Gasteiger partial charge in [-0.15, -0.1) is 0 Å². The summed E-state index contributed by atoms with van der Waals surface area (Å²) in [6.45, 7) is 1.02. The number of hydrogen-bond donors (Lipinski definition) is 1. The zero-order valence-corrected chi connectivity index (χ0v) is 18.9. The Kier molecular flexibility index (Phi) is 7.67. The molecule has 6 nitrogen and oxygen atoms in total. The highest BCUT2D eigenvalue weighted by Crippen LogP contribution is 2.25. The summed E-state index contributed by atoms with van der Waals surface area (Å²) in [7, 11) is 0.130. The van der Waals surface area contributed by atoms with E-state index < -0.39 is 15.8 Å². The molecule has 1 aliphatic rings. The molecule has 0 unspecified atom stereocenters. The lowest BCUT2D eigenvalue weighted by Gasteiger charge is -2.30. The number of nitrogens with one attached hydrogen (secondary N) is 1. The Bertz CT molecular complexity index is 985. The van der Waals surface area contributed by atoms with Crippen LogP contribution in [0.15, 0.2) is 53.4 Å². The zero-order chi connectivity index (χ0) is 22.4. The first-order valence-electron chi connectivity index (χ1n) is 10.6. The van der Waals surface area contributed by atoms with Crippen LogP contribution in [0.4, 0.5) is 10.1 Å². The number of aryl methyl sites for hydroxylation is 1. The lowest BCUT2D eigenvalue weighted by atomic mass is 9.97. The molecule has 1 saturated heterocycles. The normalized spacial score (nSPS) is 15.6. The molecule has 0 aromatic heterocycles. The molecule has 1 heterocycles. The Morgan fingerprint density at radius 3 is 2.35 bits per heavy atom. The molecular formula is C23H30FN3O3S. The van der Waals surface area contributed by atoms with Crippen molar-refractivity contribution in [1.29, 1.82) is 0 Å². The Morgan fingerprint density at radius 2 is 1.74 bits per heavy atom. The van der Waals surface area contributed by atoms with E-state index in [0.717, 1.165) is 24.6 Å². The highest BCUT2D eigenvalue weighted by atomic mass is 32.2. The van der Waals surface area contributed by atoms with Gasteiger partial charge in [0, 0.05) is 45.3 Å². The molecule has 1 aliphatic heterocycles. The third-order valence-corrected chi connectivity index (χ3v) is 7.61. The van der Waals surface area contributed by atoms with Crippen LogP contribution in [0.3, 0.4) is 0 Å². The number of nitrogens with zero attached hydrogens (tertiary/aromatic N) is 2. The molecule has 2 aromatic rings. The molecule has 0 aliphatic carbocycles. The SMILES string of the molecule is CN(C)c1ccc(CCCNC(=O)C2CCN(S(=O)(=O)c3ccccc3F)CC2)cc1. The van der Waals surface area contributed by atoms with Gasteiger partial charge < -0.3 is 10.2 Å². The largest absolute Gasteiger partial charge is 0.378 e. The Morgan fingerprint density at radius 1 is 1.10 bits per heavy atom. The molecule has 31 heavy (non-hydrogen) atoms. The van der Waals surface area contributed by atoms with E-state index in [4.69, 9.17) is 0 Å². The van der Waals surface area contributed by atoms with Crippen LogP contribution in [0.5, 0.6) is 0 Å². The average molecular weight is 448 g/mol. The van der Waals surface area contributed by atoms with E-state index in [1.54, 1.807) is 0 Å². The summed E-state index contributed by atoms with van der Waals surface area (Å²) in [6.07, 6.45) is 2.60. The number of sulfonamides is 1. The molecule has 2 aromatic carbocycles. The van der Waals surface area contributed by atoms with Crippen LogP contribution in [0.2, 0.25) is 0 Å². The first-order chi connectivity index (χ1) is 14.8. The predicted octanol–water partition coefficient (Wildman–Crippen LogP) is 3.04. The fraction of sp³-hybridized carbons (Fsp3) is 0.435. The van der Waals surface area contributed by atoms with Crippen molar-refractivity contribution in [3.05, 3.63) is 59.9 Å². The topological polar surface area (TPSA) is 69.7 Å². The molecule has 168 valence electrons. The summed E-state index contributed by atoms with van der Waals surface area (Å²) in [4.78, 5) is 14.2. The number of amides is 1. The van der Waals surface area contributed by atoms with Gasteiger partial charge in [-0.2, -0.15) is 4.31 Å². The maximum atomic E-state index is 13.9. The molecule has 1 fully saturated rings. The molecule has 0 atom stereocenters. The smallest absolute Gasteiger partial charge is 0.245 e. The quantitative estimate of drug-likeness (QED) is 0.632. The maximum Gasteiger partial charge on any atom is 0.245 e. The summed E-state index contributed by atoms with van der Waals surface area (Å²) in [6, 6.07) is 13.7. The average Bonchev–Trinajstić information content (AvgIpc) is 2.77. The monoisotopic (exact) mass is 447 g/mol. The molecule has 3 rings (SSSR count). The van der Waals surface area contributed by atoms with Gasteiger partial charge in [0.2, 0.25) is 15.9 Å². The van der Waals surface area contributed by atoms with Crippen LogP contribution in [0.25, 0.3) is 0 Å². The number of halogens is 1. The number of benzene rings is 2. The van der Waals surface area contributed by atoms with Crippen molar-refractivity contribution in [1.82, 2.24) is 9.62 Å². The number of anilines is 1. The molecule has 8 heteroatoms. The number of piperidine rings is 1. The van der Waals surface area contributed by atoms with Crippen molar-refractivity contribution in [2.45, 2.75) is 30.6 Å². The molecule has 0 radical (unpaired) electrons. The van der Waals surface area contributed by atoms with Gasteiger partial charge in [-0.25, -0.2) is 12.8 Å². The second-order valence-electron chi connectivity index (χ2n) is 8.06. The van der Waals surface area contributed by atoms with Crippen LogP contribution in [0, 0.1) is 11.7 Å². The van der Waals surface area contributed by atoms with Crippen molar-refractivity contribution < 1.29 is 17.6 Å². The lowest BCUT2D eigenvalue weighted by Crippen LogP contribution is -2.43. The second-order valence-corrected chi connectivity index (χ2v) is 9.97. The number of carbonyl (C=O) groups excluding carboxylic acids is 1. The summed E-state index contributed by atoms with van der Waals surface area (Å²) >= 11 is 0. The zero-order valence-electron chi connectivity index (χ0n) is 18.1. The predicted molar refractivity (Wildman–Crippen MR) is 120 cm³/mol.